The molecule has 0 amide bonds. The summed E-state index contributed by atoms with van der Waals surface area (Å²) in [4.78, 5) is 11.8. The molecule has 0 bridgehead atoms. The van der Waals surface area contributed by atoms with Crippen molar-refractivity contribution < 1.29 is 9.53 Å². The predicted molar refractivity (Wildman–Crippen MR) is 70.6 cm³/mol. The van der Waals surface area contributed by atoms with Crippen LogP contribution in [0.25, 0.3) is 0 Å². The van der Waals surface area contributed by atoms with E-state index in [1.54, 1.807) is 0 Å². The van der Waals surface area contributed by atoms with Crippen molar-refractivity contribution in [3.8, 4) is 0 Å². The molecule has 1 aromatic carbocycles. The molecule has 0 aliphatic heterocycles. The van der Waals surface area contributed by atoms with Gasteiger partial charge in [0.1, 0.15) is 0 Å². The first-order valence-electron chi connectivity index (χ1n) is 6.16. The van der Waals surface area contributed by atoms with Crippen LogP contribution in [0, 0.1) is 0 Å². The molecule has 1 aromatic rings. The van der Waals surface area contributed by atoms with Gasteiger partial charge in [0.25, 0.3) is 0 Å². The molecule has 1 rings (SSSR count). The van der Waals surface area contributed by atoms with Crippen molar-refractivity contribution in [3.05, 3.63) is 35.4 Å². The third-order valence-electron chi connectivity index (χ3n) is 2.75. The number of ketones is 1. The average molecular weight is 234 g/mol. The van der Waals surface area contributed by atoms with Gasteiger partial charge in [-0.3, -0.25) is 4.79 Å². The molecule has 17 heavy (non-hydrogen) atoms. The lowest BCUT2D eigenvalue weighted by atomic mass is 9.86. The molecule has 0 N–H and O–H groups in total. The molecule has 0 aliphatic carbocycles. The van der Waals surface area contributed by atoms with E-state index in [-0.39, 0.29) is 11.2 Å². The smallest absolute Gasteiger partial charge is 0.165 e. The van der Waals surface area contributed by atoms with E-state index >= 15 is 0 Å². The molecule has 2 heteroatoms. The Balaban J connectivity index is 2.64. The Hall–Kier alpha value is -1.15. The quantitative estimate of drug-likeness (QED) is 0.575. The van der Waals surface area contributed by atoms with Gasteiger partial charge in [0.05, 0.1) is 6.61 Å². The number of hydrogen-bond donors (Lipinski definition) is 0. The average Bonchev–Trinajstić information content (AvgIpc) is 2.28. The monoisotopic (exact) mass is 234 g/mol. The molecule has 0 unspecified atom stereocenters. The standard InChI is InChI=1S/C15H22O2/c1-5-17-11-10-14(16)12-6-8-13(9-7-12)15(2,3)4/h6-9H,5,10-11H2,1-4H3. The molecule has 94 valence electrons. The van der Waals surface area contributed by atoms with Crippen LogP contribution >= 0.6 is 0 Å². The van der Waals surface area contributed by atoms with Crippen LogP contribution in [0.2, 0.25) is 0 Å². The van der Waals surface area contributed by atoms with Crippen molar-refractivity contribution in [3.63, 3.8) is 0 Å². The van der Waals surface area contributed by atoms with Gasteiger partial charge in [-0.05, 0) is 17.9 Å². The minimum absolute atomic E-state index is 0.132. The highest BCUT2D eigenvalue weighted by Crippen LogP contribution is 2.22. The summed E-state index contributed by atoms with van der Waals surface area (Å²) in [5.41, 5.74) is 2.16. The third-order valence-corrected chi connectivity index (χ3v) is 2.75. The molecule has 0 heterocycles. The number of benzene rings is 1. The zero-order chi connectivity index (χ0) is 12.9. The van der Waals surface area contributed by atoms with E-state index in [0.717, 1.165) is 5.56 Å². The molecular formula is C15H22O2. The topological polar surface area (TPSA) is 26.3 Å². The lowest BCUT2D eigenvalue weighted by Gasteiger charge is -2.18. The fraction of sp³-hybridized carbons (Fsp3) is 0.533. The highest BCUT2D eigenvalue weighted by molar-refractivity contribution is 5.96. The van der Waals surface area contributed by atoms with Crippen molar-refractivity contribution in [2.24, 2.45) is 0 Å². The van der Waals surface area contributed by atoms with Crippen LogP contribution in [-0.4, -0.2) is 19.0 Å². The largest absolute Gasteiger partial charge is 0.381 e. The van der Waals surface area contributed by atoms with Crippen molar-refractivity contribution in [2.45, 2.75) is 39.5 Å². The molecule has 0 fully saturated rings. The van der Waals surface area contributed by atoms with E-state index in [1.165, 1.54) is 5.56 Å². The van der Waals surface area contributed by atoms with Crippen molar-refractivity contribution in [1.82, 2.24) is 0 Å². The second kappa shape index (κ2) is 5.97. The Morgan fingerprint density at radius 1 is 1.18 bits per heavy atom. The fourth-order valence-electron chi connectivity index (χ4n) is 1.61. The Bertz CT molecular complexity index is 358. The van der Waals surface area contributed by atoms with E-state index in [4.69, 9.17) is 4.74 Å². The Morgan fingerprint density at radius 2 is 1.76 bits per heavy atom. The fourth-order valence-corrected chi connectivity index (χ4v) is 1.61. The maximum Gasteiger partial charge on any atom is 0.165 e. The molecule has 0 spiro atoms. The van der Waals surface area contributed by atoms with Crippen molar-refractivity contribution in [1.29, 1.82) is 0 Å². The van der Waals surface area contributed by atoms with Gasteiger partial charge in [-0.15, -0.1) is 0 Å². The number of rotatable bonds is 5. The van der Waals surface area contributed by atoms with Crippen molar-refractivity contribution >= 4 is 5.78 Å². The predicted octanol–water partition coefficient (Wildman–Crippen LogP) is 3.59. The zero-order valence-electron chi connectivity index (χ0n) is 11.2. The second-order valence-electron chi connectivity index (χ2n) is 5.20. The molecular weight excluding hydrogens is 212 g/mol. The molecule has 0 saturated carbocycles. The van der Waals surface area contributed by atoms with Crippen LogP contribution in [0.4, 0.5) is 0 Å². The summed E-state index contributed by atoms with van der Waals surface area (Å²) in [6, 6.07) is 7.89. The lowest BCUT2D eigenvalue weighted by molar-refractivity contribution is 0.0896. The minimum Gasteiger partial charge on any atom is -0.381 e. The summed E-state index contributed by atoms with van der Waals surface area (Å²) in [6.07, 6.45) is 0.461. The van der Waals surface area contributed by atoms with E-state index in [1.807, 2.05) is 31.2 Å². The highest BCUT2D eigenvalue weighted by Gasteiger charge is 2.14. The minimum atomic E-state index is 0.132. The number of carbonyl (C=O) groups is 1. The zero-order valence-corrected chi connectivity index (χ0v) is 11.2. The molecule has 0 aromatic heterocycles. The Kier molecular flexibility index (Phi) is 4.88. The summed E-state index contributed by atoms with van der Waals surface area (Å²) >= 11 is 0. The molecule has 2 nitrogen and oxygen atoms in total. The van der Waals surface area contributed by atoms with Gasteiger partial charge >= 0.3 is 0 Å². The van der Waals surface area contributed by atoms with Gasteiger partial charge in [-0.1, -0.05) is 45.0 Å². The van der Waals surface area contributed by atoms with Gasteiger partial charge in [-0.2, -0.15) is 0 Å². The maximum atomic E-state index is 11.8. The lowest BCUT2D eigenvalue weighted by Crippen LogP contribution is -2.11. The third kappa shape index (κ3) is 4.31. The molecule has 0 atom stereocenters. The van der Waals surface area contributed by atoms with Gasteiger partial charge in [0.15, 0.2) is 5.78 Å². The van der Waals surface area contributed by atoms with Crippen LogP contribution in [0.5, 0.6) is 0 Å². The SMILES string of the molecule is CCOCCC(=O)c1ccc(C(C)(C)C)cc1. The van der Waals surface area contributed by atoms with E-state index in [2.05, 4.69) is 20.8 Å². The van der Waals surface area contributed by atoms with E-state index in [9.17, 15) is 4.79 Å². The number of Topliss-reactive ketones (excluding diaryl/α,β-unsaturated/α-hetero) is 1. The van der Waals surface area contributed by atoms with Crippen LogP contribution in [0.1, 0.15) is 50.0 Å². The van der Waals surface area contributed by atoms with Crippen LogP contribution in [0.3, 0.4) is 0 Å². The summed E-state index contributed by atoms with van der Waals surface area (Å²) in [5.74, 6) is 0.152. The number of hydrogen-bond acceptors (Lipinski definition) is 2. The van der Waals surface area contributed by atoms with E-state index in [0.29, 0.717) is 19.6 Å². The highest BCUT2D eigenvalue weighted by atomic mass is 16.5. The van der Waals surface area contributed by atoms with Gasteiger partial charge in [0.2, 0.25) is 0 Å². The summed E-state index contributed by atoms with van der Waals surface area (Å²) < 4.78 is 5.18. The summed E-state index contributed by atoms with van der Waals surface area (Å²) in [5, 5.41) is 0. The second-order valence-corrected chi connectivity index (χ2v) is 5.20. The molecule has 0 saturated heterocycles. The first-order chi connectivity index (χ1) is 7.95. The van der Waals surface area contributed by atoms with Gasteiger partial charge in [-0.25, -0.2) is 0 Å². The van der Waals surface area contributed by atoms with Gasteiger partial charge < -0.3 is 4.74 Å². The van der Waals surface area contributed by atoms with E-state index < -0.39 is 0 Å². The van der Waals surface area contributed by atoms with Crippen LogP contribution in [0.15, 0.2) is 24.3 Å². The normalized spacial score (nSPS) is 11.5. The molecule has 0 aliphatic rings. The van der Waals surface area contributed by atoms with Crippen LogP contribution in [-0.2, 0) is 10.2 Å². The van der Waals surface area contributed by atoms with Crippen molar-refractivity contribution in [2.75, 3.05) is 13.2 Å². The first kappa shape index (κ1) is 13.9. The number of carbonyl (C=O) groups excluding carboxylic acids is 1. The maximum absolute atomic E-state index is 11.8. The summed E-state index contributed by atoms with van der Waals surface area (Å²) in [7, 11) is 0. The molecule has 0 radical (unpaired) electrons. The Labute approximate surface area is 104 Å². The number of ether oxygens (including phenoxy) is 1. The first-order valence-corrected chi connectivity index (χ1v) is 6.16. The summed E-state index contributed by atoms with van der Waals surface area (Å²) in [6.45, 7) is 9.60. The van der Waals surface area contributed by atoms with Gasteiger partial charge in [0, 0.05) is 18.6 Å². The van der Waals surface area contributed by atoms with Crippen LogP contribution < -0.4 is 0 Å². The Morgan fingerprint density at radius 3 is 2.24 bits per heavy atom.